The number of nitrogens with one attached hydrogen (secondary N) is 1. The van der Waals surface area contributed by atoms with E-state index < -0.39 is 5.69 Å². The van der Waals surface area contributed by atoms with Crippen LogP contribution < -0.4 is 11.2 Å². The van der Waals surface area contributed by atoms with Crippen molar-refractivity contribution in [3.8, 4) is 0 Å². The number of rotatable bonds is 8. The Morgan fingerprint density at radius 1 is 1.15 bits per heavy atom. The van der Waals surface area contributed by atoms with Crippen molar-refractivity contribution in [2.75, 3.05) is 0 Å². The second-order valence-electron chi connectivity index (χ2n) is 6.51. The molecule has 0 unspecified atom stereocenters. The third kappa shape index (κ3) is 4.47. The van der Waals surface area contributed by atoms with Gasteiger partial charge in [-0.1, -0.05) is 61.7 Å². The van der Waals surface area contributed by atoms with Crippen LogP contribution in [0.25, 0.3) is 11.2 Å². The van der Waals surface area contributed by atoms with Gasteiger partial charge >= 0.3 is 5.69 Å². The highest BCUT2D eigenvalue weighted by atomic mass is 35.5. The molecule has 0 fully saturated rings. The normalized spacial score (nSPS) is 11.4. The van der Waals surface area contributed by atoms with Gasteiger partial charge < -0.3 is 4.57 Å². The van der Waals surface area contributed by atoms with Crippen molar-refractivity contribution >= 4 is 34.5 Å². The summed E-state index contributed by atoms with van der Waals surface area (Å²) in [7, 11) is 1.63. The first-order valence-corrected chi connectivity index (χ1v) is 10.4. The minimum Gasteiger partial charge on any atom is -0.313 e. The van der Waals surface area contributed by atoms with E-state index in [1.165, 1.54) is 4.57 Å². The van der Waals surface area contributed by atoms with Crippen LogP contribution in [0.2, 0.25) is 5.02 Å². The summed E-state index contributed by atoms with van der Waals surface area (Å²) < 4.78 is 3.34. The topological polar surface area (TPSA) is 72.7 Å². The molecule has 6 nitrogen and oxygen atoms in total. The highest BCUT2D eigenvalue weighted by Crippen LogP contribution is 2.26. The first-order chi connectivity index (χ1) is 13.0. The number of aryl methyl sites for hydroxylation is 2. The summed E-state index contributed by atoms with van der Waals surface area (Å²) in [5.41, 5.74) is 1.19. The quantitative estimate of drug-likeness (QED) is 0.454. The maximum absolute atomic E-state index is 12.4. The van der Waals surface area contributed by atoms with E-state index in [0.29, 0.717) is 28.5 Å². The Kier molecular flexibility index (Phi) is 6.44. The number of nitrogens with zero attached hydrogens (tertiary/aromatic N) is 3. The lowest BCUT2D eigenvalue weighted by Gasteiger charge is -2.08. The Morgan fingerprint density at radius 2 is 1.89 bits per heavy atom. The first kappa shape index (κ1) is 19.8. The number of benzene rings is 1. The Bertz CT molecular complexity index is 1040. The lowest BCUT2D eigenvalue weighted by Crippen LogP contribution is -2.29. The van der Waals surface area contributed by atoms with Gasteiger partial charge in [0.25, 0.3) is 5.56 Å². The van der Waals surface area contributed by atoms with Gasteiger partial charge in [0, 0.05) is 24.4 Å². The van der Waals surface area contributed by atoms with Crippen LogP contribution in [0.1, 0.15) is 38.2 Å². The van der Waals surface area contributed by atoms with Crippen molar-refractivity contribution in [2.45, 2.75) is 50.1 Å². The molecule has 0 aliphatic carbocycles. The fourth-order valence-corrected chi connectivity index (χ4v) is 4.06. The number of fused-ring (bicyclic) bond motifs is 1. The number of aromatic amines is 1. The average molecular weight is 407 g/mol. The Balaban J connectivity index is 1.95. The number of unbranched alkanes of at least 4 members (excludes halogenated alkanes) is 3. The van der Waals surface area contributed by atoms with Crippen LogP contribution >= 0.6 is 23.4 Å². The molecule has 1 aromatic carbocycles. The fraction of sp³-hybridized carbons (Fsp3) is 0.421. The maximum Gasteiger partial charge on any atom is 0.329 e. The lowest BCUT2D eigenvalue weighted by molar-refractivity contribution is 0.562. The number of aromatic nitrogens is 4. The molecule has 1 N–H and O–H groups in total. The summed E-state index contributed by atoms with van der Waals surface area (Å²) in [6, 6.07) is 7.68. The van der Waals surface area contributed by atoms with Crippen molar-refractivity contribution < 1.29 is 0 Å². The third-order valence-electron chi connectivity index (χ3n) is 4.49. The van der Waals surface area contributed by atoms with Crippen molar-refractivity contribution in [1.82, 2.24) is 19.1 Å². The molecule has 0 aliphatic rings. The molecule has 2 heterocycles. The summed E-state index contributed by atoms with van der Waals surface area (Å²) in [6.45, 7) is 2.88. The van der Waals surface area contributed by atoms with Gasteiger partial charge in [0.2, 0.25) is 0 Å². The molecule has 0 saturated heterocycles. The molecule has 0 bridgehead atoms. The molecular weight excluding hydrogens is 384 g/mol. The molecule has 8 heteroatoms. The van der Waals surface area contributed by atoms with Crippen LogP contribution in [-0.2, 0) is 19.3 Å². The fourth-order valence-electron chi connectivity index (χ4n) is 2.96. The van der Waals surface area contributed by atoms with Crippen LogP contribution in [0, 0.1) is 0 Å². The molecule has 144 valence electrons. The highest BCUT2D eigenvalue weighted by Gasteiger charge is 2.17. The molecule has 0 amide bonds. The van der Waals surface area contributed by atoms with Crippen LogP contribution in [0.15, 0.2) is 39.0 Å². The molecule has 0 spiro atoms. The van der Waals surface area contributed by atoms with E-state index in [-0.39, 0.29) is 5.56 Å². The summed E-state index contributed by atoms with van der Waals surface area (Å²) in [5, 5.41) is 1.46. The Labute approximate surface area is 166 Å². The van der Waals surface area contributed by atoms with E-state index >= 15 is 0 Å². The van der Waals surface area contributed by atoms with Crippen LogP contribution in [-0.4, -0.2) is 19.1 Å². The molecule has 3 rings (SSSR count). The second kappa shape index (κ2) is 8.80. The predicted molar refractivity (Wildman–Crippen MR) is 111 cm³/mol. The zero-order valence-electron chi connectivity index (χ0n) is 15.5. The van der Waals surface area contributed by atoms with Crippen LogP contribution in [0.4, 0.5) is 0 Å². The average Bonchev–Trinajstić information content (AvgIpc) is 3.02. The van der Waals surface area contributed by atoms with Gasteiger partial charge in [-0.3, -0.25) is 14.3 Å². The monoisotopic (exact) mass is 406 g/mol. The smallest absolute Gasteiger partial charge is 0.313 e. The predicted octanol–water partition coefficient (Wildman–Crippen LogP) is 3.95. The number of H-pyrrole nitrogens is 1. The second-order valence-corrected chi connectivity index (χ2v) is 7.89. The van der Waals surface area contributed by atoms with Crippen LogP contribution in [0.5, 0.6) is 0 Å². The molecular formula is C19H23ClN4O2S. The third-order valence-corrected chi connectivity index (χ3v) is 5.79. The zero-order chi connectivity index (χ0) is 19.4. The molecule has 0 radical (unpaired) electrons. The van der Waals surface area contributed by atoms with Crippen molar-refractivity contribution in [3.63, 3.8) is 0 Å². The summed E-state index contributed by atoms with van der Waals surface area (Å²) in [6.07, 6.45) is 4.38. The minimum atomic E-state index is -0.447. The van der Waals surface area contributed by atoms with E-state index in [1.807, 2.05) is 28.8 Å². The van der Waals surface area contributed by atoms with E-state index in [4.69, 9.17) is 11.6 Å². The van der Waals surface area contributed by atoms with Crippen molar-refractivity contribution in [2.24, 2.45) is 7.05 Å². The highest BCUT2D eigenvalue weighted by molar-refractivity contribution is 7.98. The molecule has 0 atom stereocenters. The maximum atomic E-state index is 12.4. The molecule has 3 aromatic rings. The van der Waals surface area contributed by atoms with E-state index in [2.05, 4.69) is 16.9 Å². The van der Waals surface area contributed by atoms with E-state index in [0.717, 1.165) is 36.4 Å². The summed E-state index contributed by atoms with van der Waals surface area (Å²) in [4.78, 5) is 31.3. The van der Waals surface area contributed by atoms with Gasteiger partial charge in [-0.15, -0.1) is 0 Å². The molecule has 2 aromatic heterocycles. The zero-order valence-corrected chi connectivity index (χ0v) is 17.1. The number of thioether (sulfide) groups is 1. The van der Waals surface area contributed by atoms with Gasteiger partial charge in [-0.05, 0) is 24.1 Å². The minimum absolute atomic E-state index is 0.380. The molecule has 27 heavy (non-hydrogen) atoms. The lowest BCUT2D eigenvalue weighted by atomic mass is 10.2. The number of hydrogen-bond donors (Lipinski definition) is 1. The number of hydrogen-bond acceptors (Lipinski definition) is 4. The Hall–Kier alpha value is -1.99. The van der Waals surface area contributed by atoms with Gasteiger partial charge in [0.15, 0.2) is 16.3 Å². The first-order valence-electron chi connectivity index (χ1n) is 9.08. The van der Waals surface area contributed by atoms with Gasteiger partial charge in [-0.25, -0.2) is 9.78 Å². The summed E-state index contributed by atoms with van der Waals surface area (Å²) >= 11 is 7.51. The SMILES string of the molecule is CCCCCCn1c(SCc2ccc(Cl)cc2)nc2c1c(=O)[nH]c(=O)n2C. The van der Waals surface area contributed by atoms with Gasteiger partial charge in [-0.2, -0.15) is 0 Å². The van der Waals surface area contributed by atoms with Gasteiger partial charge in [0.05, 0.1) is 0 Å². The Morgan fingerprint density at radius 3 is 2.59 bits per heavy atom. The van der Waals surface area contributed by atoms with Crippen molar-refractivity contribution in [3.05, 3.63) is 55.7 Å². The molecule has 0 saturated carbocycles. The molecule has 0 aliphatic heterocycles. The number of halogens is 1. The largest absolute Gasteiger partial charge is 0.329 e. The van der Waals surface area contributed by atoms with Crippen LogP contribution in [0.3, 0.4) is 0 Å². The summed E-state index contributed by atoms with van der Waals surface area (Å²) in [5.74, 6) is 0.710. The van der Waals surface area contributed by atoms with E-state index in [9.17, 15) is 9.59 Å². The standard InChI is InChI=1S/C19H23ClN4O2S/c1-3-4-5-6-11-24-15-16(23(2)18(26)22-17(15)25)21-19(24)27-12-13-7-9-14(20)10-8-13/h7-10H,3-6,11-12H2,1-2H3,(H,22,25,26). The van der Waals surface area contributed by atoms with Crippen molar-refractivity contribution in [1.29, 1.82) is 0 Å². The van der Waals surface area contributed by atoms with Gasteiger partial charge in [0.1, 0.15) is 0 Å². The van der Waals surface area contributed by atoms with E-state index in [1.54, 1.807) is 18.8 Å². The number of imidazole rings is 1.